The van der Waals surface area contributed by atoms with E-state index in [1.165, 1.54) is 30.6 Å². The quantitative estimate of drug-likeness (QED) is 0.585. The molecule has 4 rings (SSSR count). The van der Waals surface area contributed by atoms with Crippen molar-refractivity contribution >= 4 is 11.0 Å². The Hall–Kier alpha value is -3.55. The van der Waals surface area contributed by atoms with Crippen molar-refractivity contribution in [3.63, 3.8) is 0 Å². The first kappa shape index (κ1) is 16.9. The van der Waals surface area contributed by atoms with Gasteiger partial charge in [-0.25, -0.2) is 4.98 Å². The molecular formula is C19H12F3N3O2. The number of aromatic amines is 1. The minimum Gasteiger partial charge on any atom is -0.406 e. The maximum Gasteiger partial charge on any atom is 0.573 e. The largest absolute Gasteiger partial charge is 0.573 e. The fraction of sp³-hybridized carbons (Fsp3) is 0.0526. The third kappa shape index (κ3) is 3.29. The van der Waals surface area contributed by atoms with Crippen molar-refractivity contribution in [3.05, 3.63) is 77.5 Å². The number of halogens is 3. The van der Waals surface area contributed by atoms with E-state index in [0.717, 1.165) is 5.69 Å². The number of alkyl halides is 3. The molecule has 2 heterocycles. The molecule has 0 fully saturated rings. The lowest BCUT2D eigenvalue weighted by atomic mass is 10.1. The highest BCUT2D eigenvalue weighted by molar-refractivity contribution is 5.93. The Bertz CT molecular complexity index is 1150. The topological polar surface area (TPSA) is 59.9 Å². The standard InChI is InChI=1S/C19H12F3N3O2/c20-19(21,22)27-14-8-6-12(7-9-14)15-10-25(13-4-2-1-3-5-13)17-16(15)23-11-24-18(17)26/h1-11H,(H,23,24,26). The summed E-state index contributed by atoms with van der Waals surface area (Å²) in [6.45, 7) is 0. The van der Waals surface area contributed by atoms with Crippen LogP contribution in [0.4, 0.5) is 13.2 Å². The lowest BCUT2D eigenvalue weighted by molar-refractivity contribution is -0.274. The first-order valence-corrected chi connectivity index (χ1v) is 7.93. The Morgan fingerprint density at radius 3 is 2.37 bits per heavy atom. The second-order valence-corrected chi connectivity index (χ2v) is 5.75. The molecule has 136 valence electrons. The molecule has 2 aromatic heterocycles. The van der Waals surface area contributed by atoms with Gasteiger partial charge in [0.25, 0.3) is 5.56 Å². The van der Waals surface area contributed by atoms with Crippen LogP contribution < -0.4 is 10.3 Å². The molecule has 5 nitrogen and oxygen atoms in total. The Labute approximate surface area is 150 Å². The van der Waals surface area contributed by atoms with E-state index in [2.05, 4.69) is 14.7 Å². The van der Waals surface area contributed by atoms with Gasteiger partial charge in [-0.05, 0) is 29.8 Å². The van der Waals surface area contributed by atoms with Gasteiger partial charge in [0, 0.05) is 17.4 Å². The van der Waals surface area contributed by atoms with Gasteiger partial charge in [0.15, 0.2) is 0 Å². The summed E-state index contributed by atoms with van der Waals surface area (Å²) in [4.78, 5) is 19.2. The lowest BCUT2D eigenvalue weighted by Crippen LogP contribution is -2.16. The summed E-state index contributed by atoms with van der Waals surface area (Å²) in [6, 6.07) is 14.7. The van der Waals surface area contributed by atoms with Gasteiger partial charge in [0.1, 0.15) is 16.8 Å². The Morgan fingerprint density at radius 1 is 1.00 bits per heavy atom. The average molecular weight is 371 g/mol. The number of aromatic nitrogens is 3. The summed E-state index contributed by atoms with van der Waals surface area (Å²) < 4.78 is 42.6. The Balaban J connectivity index is 1.86. The molecule has 0 saturated heterocycles. The number of benzene rings is 2. The fourth-order valence-corrected chi connectivity index (χ4v) is 2.91. The van der Waals surface area contributed by atoms with E-state index < -0.39 is 6.36 Å². The van der Waals surface area contributed by atoms with Crippen molar-refractivity contribution in [3.8, 4) is 22.6 Å². The first-order valence-electron chi connectivity index (χ1n) is 7.93. The van der Waals surface area contributed by atoms with Crippen molar-refractivity contribution < 1.29 is 17.9 Å². The fourth-order valence-electron chi connectivity index (χ4n) is 2.91. The number of para-hydroxylation sites is 1. The second kappa shape index (κ2) is 6.31. The predicted molar refractivity (Wildman–Crippen MR) is 93.8 cm³/mol. The van der Waals surface area contributed by atoms with Crippen LogP contribution in [0.2, 0.25) is 0 Å². The number of ether oxygens (including phenoxy) is 1. The highest BCUT2D eigenvalue weighted by Crippen LogP contribution is 2.31. The van der Waals surface area contributed by atoms with E-state index in [4.69, 9.17) is 0 Å². The second-order valence-electron chi connectivity index (χ2n) is 5.75. The molecule has 0 radical (unpaired) electrons. The van der Waals surface area contributed by atoms with Crippen molar-refractivity contribution in [2.75, 3.05) is 0 Å². The molecule has 1 N–H and O–H groups in total. The molecule has 4 aromatic rings. The van der Waals surface area contributed by atoms with Gasteiger partial charge >= 0.3 is 6.36 Å². The van der Waals surface area contributed by atoms with Gasteiger partial charge in [0.2, 0.25) is 0 Å². The van der Waals surface area contributed by atoms with Crippen LogP contribution in [0.1, 0.15) is 0 Å². The monoisotopic (exact) mass is 371 g/mol. The number of H-pyrrole nitrogens is 1. The Morgan fingerprint density at radius 2 is 1.70 bits per heavy atom. The van der Waals surface area contributed by atoms with Crippen LogP contribution in [-0.2, 0) is 0 Å². The summed E-state index contributed by atoms with van der Waals surface area (Å²) >= 11 is 0. The third-order valence-corrected chi connectivity index (χ3v) is 4.02. The van der Waals surface area contributed by atoms with Gasteiger partial charge in [-0.2, -0.15) is 0 Å². The van der Waals surface area contributed by atoms with Crippen LogP contribution in [0.3, 0.4) is 0 Å². The van der Waals surface area contributed by atoms with E-state index in [9.17, 15) is 18.0 Å². The number of nitrogens with zero attached hydrogens (tertiary/aromatic N) is 2. The van der Waals surface area contributed by atoms with Crippen LogP contribution in [0.15, 0.2) is 71.9 Å². The number of hydrogen-bond donors (Lipinski definition) is 1. The summed E-state index contributed by atoms with van der Waals surface area (Å²) in [5.41, 5.74) is 2.50. The van der Waals surface area contributed by atoms with Gasteiger partial charge < -0.3 is 14.3 Å². The maximum absolute atomic E-state index is 12.4. The number of fused-ring (bicyclic) bond motifs is 1. The van der Waals surface area contributed by atoms with Crippen LogP contribution in [0, 0.1) is 0 Å². The molecule has 0 aliphatic carbocycles. The van der Waals surface area contributed by atoms with Gasteiger partial charge in [-0.1, -0.05) is 30.3 Å². The molecule has 0 amide bonds. The molecule has 0 aliphatic rings. The van der Waals surface area contributed by atoms with E-state index in [1.807, 2.05) is 30.3 Å². The summed E-state index contributed by atoms with van der Waals surface area (Å²) in [5.74, 6) is -0.316. The summed E-state index contributed by atoms with van der Waals surface area (Å²) in [5, 5.41) is 0. The zero-order chi connectivity index (χ0) is 19.0. The highest BCUT2D eigenvalue weighted by atomic mass is 19.4. The van der Waals surface area contributed by atoms with E-state index in [0.29, 0.717) is 22.2 Å². The van der Waals surface area contributed by atoms with Gasteiger partial charge in [-0.15, -0.1) is 13.2 Å². The van der Waals surface area contributed by atoms with E-state index >= 15 is 0 Å². The number of nitrogens with one attached hydrogen (secondary N) is 1. The number of rotatable bonds is 3. The number of hydrogen-bond acceptors (Lipinski definition) is 3. The zero-order valence-electron chi connectivity index (χ0n) is 13.7. The summed E-state index contributed by atoms with van der Waals surface area (Å²) in [7, 11) is 0. The zero-order valence-corrected chi connectivity index (χ0v) is 13.7. The van der Waals surface area contributed by atoms with E-state index in [-0.39, 0.29) is 11.3 Å². The minimum absolute atomic E-state index is 0.313. The lowest BCUT2D eigenvalue weighted by Gasteiger charge is -2.09. The van der Waals surface area contributed by atoms with Crippen molar-refractivity contribution in [1.29, 1.82) is 0 Å². The highest BCUT2D eigenvalue weighted by Gasteiger charge is 2.31. The molecule has 27 heavy (non-hydrogen) atoms. The SMILES string of the molecule is O=c1[nH]cnc2c(-c3ccc(OC(F)(F)F)cc3)cn(-c3ccccc3)c12. The normalized spacial score (nSPS) is 11.7. The van der Waals surface area contributed by atoms with E-state index in [1.54, 1.807) is 10.8 Å². The smallest absolute Gasteiger partial charge is 0.406 e. The van der Waals surface area contributed by atoms with Crippen molar-refractivity contribution in [2.45, 2.75) is 6.36 Å². The summed E-state index contributed by atoms with van der Waals surface area (Å²) in [6.07, 6.45) is -1.72. The van der Waals surface area contributed by atoms with Crippen LogP contribution in [-0.4, -0.2) is 20.9 Å². The molecule has 8 heteroatoms. The molecule has 0 unspecified atom stereocenters. The molecule has 2 aromatic carbocycles. The van der Waals surface area contributed by atoms with Crippen LogP contribution in [0.5, 0.6) is 5.75 Å². The van der Waals surface area contributed by atoms with Gasteiger partial charge in [-0.3, -0.25) is 4.79 Å². The molecule has 0 aliphatic heterocycles. The predicted octanol–water partition coefficient (Wildman–Crippen LogP) is 4.28. The van der Waals surface area contributed by atoms with Crippen LogP contribution in [0.25, 0.3) is 27.8 Å². The molecule has 0 saturated carbocycles. The van der Waals surface area contributed by atoms with Crippen molar-refractivity contribution in [1.82, 2.24) is 14.5 Å². The Kier molecular flexibility index (Phi) is 3.95. The maximum atomic E-state index is 12.4. The molecule has 0 atom stereocenters. The van der Waals surface area contributed by atoms with Gasteiger partial charge in [0.05, 0.1) is 6.33 Å². The average Bonchev–Trinajstić information content (AvgIpc) is 3.03. The van der Waals surface area contributed by atoms with Crippen LogP contribution >= 0.6 is 0 Å². The van der Waals surface area contributed by atoms with Crippen molar-refractivity contribution in [2.24, 2.45) is 0 Å². The molecule has 0 spiro atoms. The molecular weight excluding hydrogens is 359 g/mol. The molecule has 0 bridgehead atoms. The first-order chi connectivity index (χ1) is 12.9. The minimum atomic E-state index is -4.75. The third-order valence-electron chi connectivity index (χ3n) is 4.02.